The number of rotatable bonds is 32. The van der Waals surface area contributed by atoms with Crippen molar-refractivity contribution in [3.63, 3.8) is 0 Å². The number of unbranched alkanes of at least 4 members (excludes halogenated alkanes) is 20. The molecule has 0 fully saturated rings. The van der Waals surface area contributed by atoms with Gasteiger partial charge in [-0.25, -0.2) is 0 Å². The first-order valence-corrected chi connectivity index (χ1v) is 23.9. The molecule has 4 rings (SSSR count). The number of aryl methyl sites for hydroxylation is 4. The van der Waals surface area contributed by atoms with Gasteiger partial charge in [-0.1, -0.05) is 197 Å². The molecule has 0 spiro atoms. The molecule has 0 aliphatic rings. The maximum Gasteiger partial charge on any atom is 0.0316 e. The Morgan fingerprint density at radius 2 is 0.561 bits per heavy atom. The highest BCUT2D eigenvalue weighted by molar-refractivity contribution is 5.47. The fourth-order valence-corrected chi connectivity index (χ4v) is 8.63. The van der Waals surface area contributed by atoms with Crippen molar-refractivity contribution in [3.8, 4) is 0 Å². The lowest BCUT2D eigenvalue weighted by molar-refractivity contribution is 0.536. The Balaban J connectivity index is 0.963. The van der Waals surface area contributed by atoms with E-state index >= 15 is 0 Å². The number of hydrogen-bond donors (Lipinski definition) is 2. The number of nitrogen functional groups attached to an aromatic ring is 2. The lowest BCUT2D eigenvalue weighted by Gasteiger charge is -2.12. The zero-order chi connectivity index (χ0) is 40.2. The minimum atomic E-state index is 0.895. The standard InChI is InChI=1S/C55H82N2/c1-3-5-7-18-24-28-50-44-54(56)40-38-52(50)42-48-34-30-46(31-35-48)26-22-20-16-14-12-10-9-11-13-15-17-21-23-27-47-32-36-49(37-33-47)43-53-39-41-55(57)45-51(53)29-25-19-8-6-4-2/h30-41,44-45H,3-29,42-43,56-57H2,1-2H3. The molecule has 0 atom stereocenters. The molecule has 0 aliphatic heterocycles. The highest BCUT2D eigenvalue weighted by Crippen LogP contribution is 2.23. The predicted molar refractivity (Wildman–Crippen MR) is 253 cm³/mol. The molecule has 4 aromatic rings. The highest BCUT2D eigenvalue weighted by Gasteiger charge is 2.08. The van der Waals surface area contributed by atoms with Crippen LogP contribution in [0.25, 0.3) is 0 Å². The van der Waals surface area contributed by atoms with Crippen molar-refractivity contribution in [2.75, 3.05) is 11.5 Å². The normalized spacial score (nSPS) is 11.4. The number of anilines is 2. The van der Waals surface area contributed by atoms with Crippen LogP contribution in [0.5, 0.6) is 0 Å². The van der Waals surface area contributed by atoms with Gasteiger partial charge in [0.1, 0.15) is 0 Å². The Bertz CT molecular complexity index is 1480. The van der Waals surface area contributed by atoms with E-state index in [1.807, 2.05) is 0 Å². The van der Waals surface area contributed by atoms with E-state index in [2.05, 4.69) is 98.8 Å². The summed E-state index contributed by atoms with van der Waals surface area (Å²) in [6, 6.07) is 32.0. The minimum absolute atomic E-state index is 0.895. The Morgan fingerprint density at radius 3 is 0.895 bits per heavy atom. The van der Waals surface area contributed by atoms with E-state index in [4.69, 9.17) is 11.5 Å². The summed E-state index contributed by atoms with van der Waals surface area (Å²) in [4.78, 5) is 0. The van der Waals surface area contributed by atoms with Crippen LogP contribution in [0.4, 0.5) is 11.4 Å². The molecule has 4 aromatic carbocycles. The van der Waals surface area contributed by atoms with E-state index in [0.717, 1.165) is 37.1 Å². The van der Waals surface area contributed by atoms with E-state index in [-0.39, 0.29) is 0 Å². The van der Waals surface area contributed by atoms with Crippen LogP contribution in [0.2, 0.25) is 0 Å². The largest absolute Gasteiger partial charge is 0.399 e. The van der Waals surface area contributed by atoms with Crippen LogP contribution >= 0.6 is 0 Å². The molecular formula is C55H82N2. The summed E-state index contributed by atoms with van der Waals surface area (Å²) >= 11 is 0. The average molecular weight is 771 g/mol. The first kappa shape index (κ1) is 46.2. The summed E-state index contributed by atoms with van der Waals surface area (Å²) in [5, 5.41) is 0. The molecule has 57 heavy (non-hydrogen) atoms. The summed E-state index contributed by atoms with van der Waals surface area (Å²) < 4.78 is 0. The zero-order valence-corrected chi connectivity index (χ0v) is 36.7. The molecule has 0 saturated carbocycles. The van der Waals surface area contributed by atoms with Crippen LogP contribution in [0.15, 0.2) is 84.9 Å². The van der Waals surface area contributed by atoms with Crippen LogP contribution in [0, 0.1) is 0 Å². The summed E-state index contributed by atoms with van der Waals surface area (Å²) in [6.45, 7) is 4.56. The Morgan fingerprint density at radius 1 is 0.281 bits per heavy atom. The minimum Gasteiger partial charge on any atom is -0.399 e. The van der Waals surface area contributed by atoms with Crippen LogP contribution in [0.1, 0.15) is 206 Å². The van der Waals surface area contributed by atoms with E-state index < -0.39 is 0 Å². The van der Waals surface area contributed by atoms with Crippen LogP contribution in [0.3, 0.4) is 0 Å². The van der Waals surface area contributed by atoms with Gasteiger partial charge in [-0.15, -0.1) is 0 Å². The van der Waals surface area contributed by atoms with Gasteiger partial charge in [0.15, 0.2) is 0 Å². The Hall–Kier alpha value is -3.52. The van der Waals surface area contributed by atoms with Crippen LogP contribution in [-0.4, -0.2) is 0 Å². The second kappa shape index (κ2) is 28.8. The van der Waals surface area contributed by atoms with Gasteiger partial charge in [-0.3, -0.25) is 0 Å². The zero-order valence-electron chi connectivity index (χ0n) is 36.7. The van der Waals surface area contributed by atoms with Crippen LogP contribution in [-0.2, 0) is 38.5 Å². The molecule has 2 nitrogen and oxygen atoms in total. The topological polar surface area (TPSA) is 52.0 Å². The Kier molecular flexibility index (Phi) is 23.3. The van der Waals surface area contributed by atoms with Crippen molar-refractivity contribution in [3.05, 3.63) is 129 Å². The van der Waals surface area contributed by atoms with Gasteiger partial charge in [-0.05, 0) is 133 Å². The second-order valence-electron chi connectivity index (χ2n) is 17.5. The van der Waals surface area contributed by atoms with Crippen molar-refractivity contribution in [2.45, 2.75) is 200 Å². The molecular weight excluding hydrogens is 689 g/mol. The first-order chi connectivity index (χ1) is 28.0. The van der Waals surface area contributed by atoms with E-state index in [1.54, 1.807) is 0 Å². The van der Waals surface area contributed by atoms with Crippen molar-refractivity contribution in [1.29, 1.82) is 0 Å². The van der Waals surface area contributed by atoms with E-state index in [9.17, 15) is 0 Å². The van der Waals surface area contributed by atoms with Gasteiger partial charge in [0.05, 0.1) is 0 Å². The third-order valence-electron chi connectivity index (χ3n) is 12.3. The average Bonchev–Trinajstić information content (AvgIpc) is 3.22. The third kappa shape index (κ3) is 19.7. The molecule has 312 valence electrons. The molecule has 0 saturated heterocycles. The van der Waals surface area contributed by atoms with Gasteiger partial charge >= 0.3 is 0 Å². The maximum atomic E-state index is 6.16. The molecule has 0 bridgehead atoms. The Labute approximate surface area is 351 Å². The molecule has 0 amide bonds. The molecule has 0 aliphatic carbocycles. The fourth-order valence-electron chi connectivity index (χ4n) is 8.63. The number of nitrogens with two attached hydrogens (primary N) is 2. The summed E-state index contributed by atoms with van der Waals surface area (Å²) in [5.41, 5.74) is 25.7. The molecule has 0 heterocycles. The molecule has 0 aromatic heterocycles. The SMILES string of the molecule is CCCCCCCc1cc(N)ccc1Cc1ccc(CCCCCCCCCCCCCCCc2ccc(Cc3ccc(N)cc3CCCCCCC)cc2)cc1. The number of benzene rings is 4. The van der Waals surface area contributed by atoms with Gasteiger partial charge < -0.3 is 11.5 Å². The highest BCUT2D eigenvalue weighted by atomic mass is 14.5. The van der Waals surface area contributed by atoms with Gasteiger partial charge in [-0.2, -0.15) is 0 Å². The van der Waals surface area contributed by atoms with Crippen molar-refractivity contribution in [1.82, 2.24) is 0 Å². The number of hydrogen-bond acceptors (Lipinski definition) is 2. The van der Waals surface area contributed by atoms with Crippen LogP contribution < -0.4 is 11.5 Å². The maximum absolute atomic E-state index is 6.16. The monoisotopic (exact) mass is 771 g/mol. The molecule has 2 heteroatoms. The lowest BCUT2D eigenvalue weighted by atomic mass is 9.94. The van der Waals surface area contributed by atoms with Gasteiger partial charge in [0.2, 0.25) is 0 Å². The van der Waals surface area contributed by atoms with Gasteiger partial charge in [0, 0.05) is 11.4 Å². The summed E-state index contributed by atoms with van der Waals surface area (Å²) in [6.07, 6.45) is 38.0. The van der Waals surface area contributed by atoms with E-state index in [0.29, 0.717) is 0 Å². The molecule has 0 unspecified atom stereocenters. The summed E-state index contributed by atoms with van der Waals surface area (Å²) in [5.74, 6) is 0. The molecule has 0 radical (unpaired) electrons. The van der Waals surface area contributed by atoms with E-state index in [1.165, 1.54) is 205 Å². The lowest BCUT2D eigenvalue weighted by Crippen LogP contribution is -1.99. The predicted octanol–water partition coefficient (Wildman–Crippen LogP) is 15.9. The quantitative estimate of drug-likeness (QED) is 0.0384. The molecule has 4 N–H and O–H groups in total. The van der Waals surface area contributed by atoms with Gasteiger partial charge in [0.25, 0.3) is 0 Å². The summed E-state index contributed by atoms with van der Waals surface area (Å²) in [7, 11) is 0. The van der Waals surface area contributed by atoms with Crippen molar-refractivity contribution in [2.24, 2.45) is 0 Å². The smallest absolute Gasteiger partial charge is 0.0316 e. The first-order valence-electron chi connectivity index (χ1n) is 23.9. The van der Waals surface area contributed by atoms with Crippen molar-refractivity contribution >= 4 is 11.4 Å². The fraction of sp³-hybridized carbons (Fsp3) is 0.564. The second-order valence-corrected chi connectivity index (χ2v) is 17.5. The van der Waals surface area contributed by atoms with Crippen molar-refractivity contribution < 1.29 is 0 Å². The third-order valence-corrected chi connectivity index (χ3v) is 12.3.